The predicted octanol–water partition coefficient (Wildman–Crippen LogP) is 3.70. The number of amides is 1. The Bertz CT molecular complexity index is 968. The van der Waals surface area contributed by atoms with Gasteiger partial charge >= 0.3 is 5.97 Å². The van der Waals surface area contributed by atoms with Crippen LogP contribution in [0.4, 0.5) is 4.39 Å². The molecule has 3 rings (SSSR count). The number of carbonyl (C=O) groups is 2. The minimum Gasteiger partial charge on any atom is -0.455 e. The number of nitrogens with zero attached hydrogens (tertiary/aromatic N) is 1. The quantitative estimate of drug-likeness (QED) is 0.573. The number of carbonyl (C=O) groups excluding carboxylic acids is 2. The molecule has 2 aromatic carbocycles. The number of hydrogen-bond donors (Lipinski definition) is 1. The monoisotopic (exact) mass is 412 g/mol. The Morgan fingerprint density at radius 3 is 2.55 bits per heavy atom. The van der Waals surface area contributed by atoms with Gasteiger partial charge in [0.1, 0.15) is 10.8 Å². The molecule has 1 amide bonds. The molecule has 0 radical (unpaired) electrons. The molecule has 0 aliphatic carbocycles. The number of aromatic nitrogens is 1. The fourth-order valence-corrected chi connectivity index (χ4v) is 3.44. The lowest BCUT2D eigenvalue weighted by molar-refractivity contribution is -0.147. The van der Waals surface area contributed by atoms with Crippen molar-refractivity contribution >= 4 is 23.2 Å². The zero-order valence-electron chi connectivity index (χ0n) is 16.0. The molecule has 1 aromatic heterocycles. The van der Waals surface area contributed by atoms with Gasteiger partial charge in [-0.05, 0) is 31.0 Å². The van der Waals surface area contributed by atoms with E-state index in [9.17, 15) is 14.0 Å². The highest BCUT2D eigenvalue weighted by Gasteiger charge is 2.12. The number of hydrogen-bond acceptors (Lipinski definition) is 5. The van der Waals surface area contributed by atoms with Crippen molar-refractivity contribution in [1.82, 2.24) is 10.3 Å². The van der Waals surface area contributed by atoms with E-state index in [0.717, 1.165) is 16.1 Å². The van der Waals surface area contributed by atoms with Gasteiger partial charge in [0, 0.05) is 17.5 Å². The normalized spacial score (nSPS) is 10.6. The summed E-state index contributed by atoms with van der Waals surface area (Å²) in [6.07, 6.45) is 0.589. The molecule has 5 nitrogen and oxygen atoms in total. The SMILES string of the molecule is Cc1ccc(-c2nc(CC(=O)OCC(=O)NCCc3ccc(F)cc3)cs2)cc1. The third-order valence-corrected chi connectivity index (χ3v) is 5.13. The second-order valence-corrected chi connectivity index (χ2v) is 7.43. The number of benzene rings is 2. The highest BCUT2D eigenvalue weighted by atomic mass is 32.1. The fraction of sp³-hybridized carbons (Fsp3) is 0.227. The Hall–Kier alpha value is -3.06. The second kappa shape index (κ2) is 9.93. The summed E-state index contributed by atoms with van der Waals surface area (Å²) >= 11 is 1.46. The second-order valence-electron chi connectivity index (χ2n) is 6.57. The molecule has 3 aromatic rings. The van der Waals surface area contributed by atoms with Crippen molar-refractivity contribution in [2.24, 2.45) is 0 Å². The highest BCUT2D eigenvalue weighted by Crippen LogP contribution is 2.24. The predicted molar refractivity (Wildman–Crippen MR) is 110 cm³/mol. The van der Waals surface area contributed by atoms with E-state index < -0.39 is 5.97 Å². The summed E-state index contributed by atoms with van der Waals surface area (Å²) in [7, 11) is 0. The molecule has 7 heteroatoms. The third kappa shape index (κ3) is 6.50. The molecule has 0 unspecified atom stereocenters. The molecule has 1 N–H and O–H groups in total. The van der Waals surface area contributed by atoms with Crippen LogP contribution in [-0.2, 0) is 27.2 Å². The number of aryl methyl sites for hydroxylation is 1. The third-order valence-electron chi connectivity index (χ3n) is 4.19. The largest absolute Gasteiger partial charge is 0.455 e. The van der Waals surface area contributed by atoms with Gasteiger partial charge in [-0.25, -0.2) is 9.37 Å². The van der Waals surface area contributed by atoms with Crippen molar-refractivity contribution in [1.29, 1.82) is 0 Å². The number of nitrogens with one attached hydrogen (secondary N) is 1. The zero-order valence-corrected chi connectivity index (χ0v) is 16.8. The van der Waals surface area contributed by atoms with Crippen LogP contribution in [0.15, 0.2) is 53.9 Å². The number of esters is 1. The van der Waals surface area contributed by atoms with E-state index in [2.05, 4.69) is 10.3 Å². The molecule has 150 valence electrons. The van der Waals surface area contributed by atoms with Crippen LogP contribution in [0.1, 0.15) is 16.8 Å². The number of rotatable bonds is 8. The van der Waals surface area contributed by atoms with Crippen LogP contribution >= 0.6 is 11.3 Å². The first kappa shape index (κ1) is 20.7. The summed E-state index contributed by atoms with van der Waals surface area (Å²) in [5, 5.41) is 5.33. The van der Waals surface area contributed by atoms with Gasteiger partial charge in [-0.15, -0.1) is 11.3 Å². The average molecular weight is 412 g/mol. The van der Waals surface area contributed by atoms with Crippen LogP contribution in [0.25, 0.3) is 10.6 Å². The lowest BCUT2D eigenvalue weighted by Gasteiger charge is -2.06. The smallest absolute Gasteiger partial charge is 0.312 e. The molecule has 0 saturated heterocycles. The van der Waals surface area contributed by atoms with Crippen LogP contribution in [0.3, 0.4) is 0 Å². The van der Waals surface area contributed by atoms with Crippen LogP contribution < -0.4 is 5.32 Å². The Morgan fingerprint density at radius 1 is 1.10 bits per heavy atom. The summed E-state index contributed by atoms with van der Waals surface area (Å²) in [5.74, 6) is -1.17. The number of halogens is 1. The van der Waals surface area contributed by atoms with Crippen LogP contribution in [0.5, 0.6) is 0 Å². The Labute approximate surface area is 172 Å². The molecule has 29 heavy (non-hydrogen) atoms. The van der Waals surface area contributed by atoms with E-state index >= 15 is 0 Å². The van der Waals surface area contributed by atoms with Gasteiger partial charge in [0.05, 0.1) is 12.1 Å². The summed E-state index contributed by atoms with van der Waals surface area (Å²) in [5.41, 5.74) is 3.70. The van der Waals surface area contributed by atoms with E-state index in [-0.39, 0.29) is 24.8 Å². The van der Waals surface area contributed by atoms with Crippen molar-refractivity contribution in [3.05, 3.63) is 76.5 Å². The maximum absolute atomic E-state index is 12.8. The topological polar surface area (TPSA) is 68.3 Å². The standard InChI is InChI=1S/C22H21FN2O3S/c1-15-2-6-17(7-3-15)22-25-19(14-29-22)12-21(27)28-13-20(26)24-11-10-16-4-8-18(23)9-5-16/h2-9,14H,10-13H2,1H3,(H,24,26). The first-order chi connectivity index (χ1) is 14.0. The molecular formula is C22H21FN2O3S. The number of ether oxygens (including phenoxy) is 1. The highest BCUT2D eigenvalue weighted by molar-refractivity contribution is 7.13. The van der Waals surface area contributed by atoms with Crippen LogP contribution in [0.2, 0.25) is 0 Å². The molecular weight excluding hydrogens is 391 g/mol. The first-order valence-corrected chi connectivity index (χ1v) is 10.1. The Balaban J connectivity index is 1.38. The molecule has 1 heterocycles. The lowest BCUT2D eigenvalue weighted by Crippen LogP contribution is -2.30. The Morgan fingerprint density at radius 2 is 1.83 bits per heavy atom. The van der Waals surface area contributed by atoms with E-state index in [4.69, 9.17) is 4.74 Å². The summed E-state index contributed by atoms with van der Waals surface area (Å²) in [6.45, 7) is 2.07. The zero-order chi connectivity index (χ0) is 20.6. The molecule has 0 aliphatic rings. The maximum Gasteiger partial charge on any atom is 0.312 e. The van der Waals surface area contributed by atoms with Gasteiger partial charge < -0.3 is 10.1 Å². The van der Waals surface area contributed by atoms with E-state index in [1.165, 1.54) is 29.0 Å². The molecule has 0 spiro atoms. The van der Waals surface area contributed by atoms with Crippen molar-refractivity contribution in [3.63, 3.8) is 0 Å². The molecule has 0 saturated carbocycles. The van der Waals surface area contributed by atoms with Gasteiger partial charge in [-0.2, -0.15) is 0 Å². The van der Waals surface area contributed by atoms with Gasteiger partial charge in [-0.3, -0.25) is 9.59 Å². The minimum absolute atomic E-state index is 0.0191. The molecule has 0 fully saturated rings. The minimum atomic E-state index is -0.501. The van der Waals surface area contributed by atoms with Crippen molar-refractivity contribution < 1.29 is 18.7 Å². The van der Waals surface area contributed by atoms with Gasteiger partial charge in [0.15, 0.2) is 6.61 Å². The first-order valence-electron chi connectivity index (χ1n) is 9.18. The molecule has 0 aliphatic heterocycles. The van der Waals surface area contributed by atoms with Crippen LogP contribution in [0, 0.1) is 12.7 Å². The van der Waals surface area contributed by atoms with Gasteiger partial charge in [0.2, 0.25) is 0 Å². The molecule has 0 atom stereocenters. The van der Waals surface area contributed by atoms with Gasteiger partial charge in [-0.1, -0.05) is 42.0 Å². The van der Waals surface area contributed by atoms with Crippen molar-refractivity contribution in [2.75, 3.05) is 13.2 Å². The summed E-state index contributed by atoms with van der Waals surface area (Å²) in [4.78, 5) is 28.2. The molecule has 0 bridgehead atoms. The number of thiazole rings is 1. The van der Waals surface area contributed by atoms with E-state index in [1.54, 1.807) is 12.1 Å². The van der Waals surface area contributed by atoms with Crippen molar-refractivity contribution in [3.8, 4) is 10.6 Å². The van der Waals surface area contributed by atoms with Crippen LogP contribution in [-0.4, -0.2) is 30.0 Å². The average Bonchev–Trinajstić information content (AvgIpc) is 3.17. The summed E-state index contributed by atoms with van der Waals surface area (Å²) < 4.78 is 17.9. The van der Waals surface area contributed by atoms with Gasteiger partial charge in [0.25, 0.3) is 5.91 Å². The lowest BCUT2D eigenvalue weighted by atomic mass is 10.1. The van der Waals surface area contributed by atoms with E-state index in [1.807, 2.05) is 36.6 Å². The summed E-state index contributed by atoms with van der Waals surface area (Å²) in [6, 6.07) is 14.1. The Kier molecular flexibility index (Phi) is 7.08. The van der Waals surface area contributed by atoms with E-state index in [0.29, 0.717) is 18.7 Å². The maximum atomic E-state index is 12.8. The fourth-order valence-electron chi connectivity index (χ4n) is 2.61. The van der Waals surface area contributed by atoms with Crippen molar-refractivity contribution in [2.45, 2.75) is 19.8 Å².